The van der Waals surface area contributed by atoms with Crippen molar-refractivity contribution in [2.45, 2.75) is 12.8 Å². The molecule has 0 aromatic heterocycles. The van der Waals surface area contributed by atoms with Crippen LogP contribution in [0.15, 0.2) is 0 Å². The Balaban J connectivity index is -0.000000125. The zero-order valence-corrected chi connectivity index (χ0v) is 11.7. The molecule has 0 radical (unpaired) electrons. The Hall–Kier alpha value is 1.37. The number of aldehydes is 1. The second kappa shape index (κ2) is 15.8. The second-order valence-electron chi connectivity index (χ2n) is 1.03. The largest absolute Gasteiger partial charge is 0.396 e. The molecule has 0 spiro atoms. The molecule has 0 heterocycles. The number of hydrogen-bond acceptors (Lipinski definition) is 2. The van der Waals surface area contributed by atoms with Crippen LogP contribution < -0.4 is 0 Å². The van der Waals surface area contributed by atoms with Crippen molar-refractivity contribution < 1.29 is 61.6 Å². The van der Waals surface area contributed by atoms with Crippen LogP contribution in [0.2, 0.25) is 0 Å². The summed E-state index contributed by atoms with van der Waals surface area (Å²) in [6.07, 6.45) is 1.89. The average molecular weight is 445 g/mol. The fourth-order valence-electron chi connectivity index (χ4n) is 0.175. The van der Waals surface area contributed by atoms with Gasteiger partial charge in [-0.25, -0.2) is 0 Å². The maximum Gasteiger partial charge on any atom is 0.120 e. The summed E-state index contributed by atoms with van der Waals surface area (Å²) in [6.45, 7) is 0.124. The Bertz CT molecular complexity index is 41.0. The molecule has 0 aromatic rings. The van der Waals surface area contributed by atoms with Gasteiger partial charge in [0.2, 0.25) is 0 Å². The first-order chi connectivity index (χ1) is 2.91. The summed E-state index contributed by atoms with van der Waals surface area (Å²) in [5.41, 5.74) is 0. The van der Waals surface area contributed by atoms with E-state index >= 15 is 0 Å². The first-order valence-electron chi connectivity index (χ1n) is 1.96. The summed E-state index contributed by atoms with van der Waals surface area (Å²) in [6, 6.07) is 0. The molecule has 0 rings (SSSR count). The van der Waals surface area contributed by atoms with E-state index in [0.29, 0.717) is 12.8 Å². The van der Waals surface area contributed by atoms with Crippen LogP contribution in [0.5, 0.6) is 0 Å². The fourth-order valence-corrected chi connectivity index (χ4v) is 0.175. The summed E-state index contributed by atoms with van der Waals surface area (Å²) >= 11 is 0. The number of hydrogen-bond donors (Lipinski definition) is 1. The zero-order chi connectivity index (χ0) is 4.83. The number of aliphatic hydroxyl groups is 1. The van der Waals surface area contributed by atoms with Gasteiger partial charge in [-0.1, -0.05) is 0 Å². The van der Waals surface area contributed by atoms with E-state index in [4.69, 9.17) is 5.11 Å². The van der Waals surface area contributed by atoms with Crippen LogP contribution in [0.25, 0.3) is 0 Å². The van der Waals surface area contributed by atoms with Gasteiger partial charge in [0.05, 0.1) is 0 Å². The Morgan fingerprint density at radius 2 is 1.88 bits per heavy atom. The van der Waals surface area contributed by atoms with Crippen LogP contribution in [-0.2, 0) is 56.5 Å². The second-order valence-corrected chi connectivity index (χ2v) is 1.03. The molecule has 2 nitrogen and oxygen atoms in total. The van der Waals surface area contributed by atoms with E-state index in [0.717, 1.165) is 6.29 Å². The molecular weight excluding hydrogens is 437 g/mol. The predicted octanol–water partition coefficient (Wildman–Crippen LogP) is -0.0472. The average Bonchev–Trinajstić information content (AvgIpc) is 1.61. The Labute approximate surface area is 86.6 Å². The smallest absolute Gasteiger partial charge is 0.120 e. The van der Waals surface area contributed by atoms with Gasteiger partial charge < -0.3 is 9.90 Å². The van der Waals surface area contributed by atoms with Crippen molar-refractivity contribution in [1.82, 2.24) is 0 Å². The fraction of sp³-hybridized carbons (Fsp3) is 0.750. The molecule has 0 aromatic carbocycles. The van der Waals surface area contributed by atoms with E-state index in [1.807, 2.05) is 0 Å². The molecule has 0 amide bonds. The number of aliphatic hydroxyl groups excluding tert-OH is 1. The van der Waals surface area contributed by atoms with Crippen LogP contribution in [0.3, 0.4) is 0 Å². The number of carbonyl (C=O) groups excluding carboxylic acids is 1. The van der Waals surface area contributed by atoms with Crippen molar-refractivity contribution in [3.8, 4) is 0 Å². The molecule has 1 N–H and O–H groups in total. The van der Waals surface area contributed by atoms with E-state index in [1.165, 1.54) is 0 Å². The van der Waals surface area contributed by atoms with Crippen LogP contribution in [0, 0.1) is 0 Å². The summed E-state index contributed by atoms with van der Waals surface area (Å²) in [5.74, 6) is 0. The van der Waals surface area contributed by atoms with Crippen molar-refractivity contribution in [3.05, 3.63) is 0 Å². The minimum atomic E-state index is 0. The summed E-state index contributed by atoms with van der Waals surface area (Å²) in [4.78, 5) is 9.45. The van der Waals surface area contributed by atoms with Crippen LogP contribution in [0.4, 0.5) is 0 Å². The van der Waals surface area contributed by atoms with Crippen LogP contribution >= 0.6 is 0 Å². The minimum Gasteiger partial charge on any atom is -0.396 e. The predicted molar refractivity (Wildman–Crippen MR) is 22.4 cm³/mol. The van der Waals surface area contributed by atoms with Crippen molar-refractivity contribution in [1.29, 1.82) is 0 Å². The van der Waals surface area contributed by atoms with E-state index in [1.54, 1.807) is 0 Å². The van der Waals surface area contributed by atoms with E-state index in [-0.39, 0.29) is 58.3 Å². The van der Waals surface area contributed by atoms with Crippen molar-refractivity contribution in [2.24, 2.45) is 0 Å². The molecule has 44 valence electrons. The molecular formula is C4H8Hf2O2. The third-order valence-corrected chi connectivity index (χ3v) is 0.480. The molecule has 0 aliphatic heterocycles. The molecule has 0 saturated carbocycles. The van der Waals surface area contributed by atoms with Crippen molar-refractivity contribution in [2.75, 3.05) is 6.61 Å². The number of unbranched alkanes of at least 4 members (excludes halogenated alkanes) is 1. The minimum absolute atomic E-state index is 0. The van der Waals surface area contributed by atoms with E-state index in [2.05, 4.69) is 0 Å². The molecule has 0 saturated heterocycles. The first kappa shape index (κ1) is 16.2. The monoisotopic (exact) mass is 448 g/mol. The van der Waals surface area contributed by atoms with Gasteiger partial charge in [0.15, 0.2) is 0 Å². The van der Waals surface area contributed by atoms with Gasteiger partial charge in [-0.3, -0.25) is 0 Å². The normalized spacial score (nSPS) is 6.12. The molecule has 0 aliphatic rings. The molecule has 4 heteroatoms. The summed E-state index contributed by atoms with van der Waals surface area (Å²) in [5, 5.41) is 8.04. The topological polar surface area (TPSA) is 37.3 Å². The van der Waals surface area contributed by atoms with Crippen LogP contribution in [0.1, 0.15) is 12.8 Å². The first-order valence-corrected chi connectivity index (χ1v) is 1.96. The Morgan fingerprint density at radius 3 is 2.00 bits per heavy atom. The van der Waals surface area contributed by atoms with Gasteiger partial charge in [0.1, 0.15) is 6.29 Å². The molecule has 0 aliphatic carbocycles. The van der Waals surface area contributed by atoms with Gasteiger partial charge in [0.25, 0.3) is 0 Å². The number of carbonyl (C=O) groups is 1. The maximum absolute atomic E-state index is 9.45. The maximum atomic E-state index is 9.45. The quantitative estimate of drug-likeness (QED) is 0.376. The van der Waals surface area contributed by atoms with E-state index in [9.17, 15) is 4.79 Å². The standard InChI is InChI=1S/C4H8O2.2Hf/c5-3-1-2-4-6;;/h3,6H,1-2,4H2;;. The molecule has 0 bridgehead atoms. The molecule has 0 unspecified atom stereocenters. The van der Waals surface area contributed by atoms with Crippen molar-refractivity contribution >= 4 is 6.29 Å². The SMILES string of the molecule is O=CCCCO.[Hf].[Hf]. The molecule has 0 atom stereocenters. The Morgan fingerprint density at radius 1 is 1.38 bits per heavy atom. The van der Waals surface area contributed by atoms with E-state index < -0.39 is 0 Å². The Kier molecular flexibility index (Phi) is 31.9. The molecule has 8 heavy (non-hydrogen) atoms. The van der Waals surface area contributed by atoms with Crippen molar-refractivity contribution in [3.63, 3.8) is 0 Å². The third-order valence-electron chi connectivity index (χ3n) is 0.480. The third kappa shape index (κ3) is 15.7. The zero-order valence-electron chi connectivity index (χ0n) is 4.55. The number of rotatable bonds is 3. The van der Waals surface area contributed by atoms with Gasteiger partial charge >= 0.3 is 0 Å². The van der Waals surface area contributed by atoms with Gasteiger partial charge in [0, 0.05) is 64.7 Å². The van der Waals surface area contributed by atoms with Gasteiger partial charge in [-0.15, -0.1) is 0 Å². The summed E-state index contributed by atoms with van der Waals surface area (Å²) in [7, 11) is 0. The summed E-state index contributed by atoms with van der Waals surface area (Å²) < 4.78 is 0. The van der Waals surface area contributed by atoms with Gasteiger partial charge in [-0.05, 0) is 6.42 Å². The van der Waals surface area contributed by atoms with Crippen LogP contribution in [-0.4, -0.2) is 18.0 Å². The van der Waals surface area contributed by atoms with Gasteiger partial charge in [-0.2, -0.15) is 0 Å². The molecule has 0 fully saturated rings.